The topological polar surface area (TPSA) is 79.2 Å². The van der Waals surface area contributed by atoms with Crippen molar-refractivity contribution in [2.45, 2.75) is 13.8 Å². The molecule has 0 aliphatic rings. The van der Waals surface area contributed by atoms with Crippen molar-refractivity contribution in [3.63, 3.8) is 0 Å². The van der Waals surface area contributed by atoms with Crippen molar-refractivity contribution in [2.75, 3.05) is 0 Å². The van der Waals surface area contributed by atoms with Gasteiger partial charge in [0.2, 0.25) is 0 Å². The molecule has 0 spiro atoms. The Bertz CT molecular complexity index is 4290. The quantitative estimate of drug-likeness (QED) is 0.142. The molecule has 0 aliphatic carbocycles. The van der Waals surface area contributed by atoms with E-state index in [-0.39, 0.29) is 0 Å². The maximum Gasteiger partial charge on any atom is 0.145 e. The SMILES string of the molecule is Cc1cc(-c2ccccc2)c2ccc3c(-c4ccccc4)cc(C)nc3c2n1.c1ccc(-n2c(-c3cc(-c4nc5ccccc5n4-c4ccccc4)cc(-c4nc5ccccc5n4-c4ccccc4)c3)nc3ccccc32)cc1. The van der Waals surface area contributed by atoms with Gasteiger partial charge in [0.25, 0.3) is 0 Å². The highest BCUT2D eigenvalue weighted by molar-refractivity contribution is 6.12. The van der Waals surface area contributed by atoms with Gasteiger partial charge in [-0.1, -0.05) is 164 Å². The second kappa shape index (κ2) is 19.9. The molecule has 0 fully saturated rings. The van der Waals surface area contributed by atoms with Gasteiger partial charge in [0.1, 0.15) is 17.5 Å². The molecule has 5 heterocycles. The lowest BCUT2D eigenvalue weighted by molar-refractivity contribution is 1.09. The Balaban J connectivity index is 0.000000170. The van der Waals surface area contributed by atoms with Gasteiger partial charge >= 0.3 is 0 Å². The summed E-state index contributed by atoms with van der Waals surface area (Å²) in [5.74, 6) is 2.53. The van der Waals surface area contributed by atoms with E-state index in [1.807, 2.05) is 48.5 Å². The average Bonchev–Trinajstić information content (AvgIpc) is 4.44. The summed E-state index contributed by atoms with van der Waals surface area (Å²) in [5, 5.41) is 2.28. The van der Waals surface area contributed by atoms with Gasteiger partial charge < -0.3 is 0 Å². The fraction of sp³-hybridized carbons (Fsp3) is 0.0282. The monoisotopic (exact) mass is 1010 g/mol. The zero-order valence-electron chi connectivity index (χ0n) is 43.5. The number of aryl methyl sites for hydroxylation is 2. The summed E-state index contributed by atoms with van der Waals surface area (Å²) in [7, 11) is 0. The van der Waals surface area contributed by atoms with Crippen LogP contribution in [0.3, 0.4) is 0 Å². The van der Waals surface area contributed by atoms with E-state index in [1.165, 1.54) is 22.3 Å². The molecule has 0 saturated carbocycles. The number of imidazole rings is 3. The van der Waals surface area contributed by atoms with E-state index in [4.69, 9.17) is 24.9 Å². The van der Waals surface area contributed by atoms with Crippen LogP contribution in [0.4, 0.5) is 0 Å². The van der Waals surface area contributed by atoms with Gasteiger partial charge in [0.15, 0.2) is 0 Å². The lowest BCUT2D eigenvalue weighted by atomic mass is 9.95. The van der Waals surface area contributed by atoms with Crippen LogP contribution in [0.2, 0.25) is 0 Å². The van der Waals surface area contributed by atoms with Crippen LogP contribution < -0.4 is 0 Å². The van der Waals surface area contributed by atoms with E-state index >= 15 is 0 Å². The molecule has 0 bridgehead atoms. The van der Waals surface area contributed by atoms with Crippen molar-refractivity contribution >= 4 is 54.9 Å². The van der Waals surface area contributed by atoms with Crippen LogP contribution >= 0.6 is 0 Å². The molecule has 79 heavy (non-hydrogen) atoms. The Morgan fingerprint density at radius 2 is 0.532 bits per heavy atom. The van der Waals surface area contributed by atoms with E-state index in [9.17, 15) is 0 Å². The van der Waals surface area contributed by atoms with Gasteiger partial charge in [0.05, 0.1) is 44.1 Å². The summed E-state index contributed by atoms with van der Waals surface area (Å²) in [6.45, 7) is 4.11. The highest BCUT2D eigenvalue weighted by Gasteiger charge is 2.23. The molecular weight excluding hydrogens is 965 g/mol. The average molecular weight is 1020 g/mol. The molecule has 0 radical (unpaired) electrons. The van der Waals surface area contributed by atoms with Crippen LogP contribution in [0.25, 0.3) is 128 Å². The number of aromatic nitrogens is 8. The second-order valence-electron chi connectivity index (χ2n) is 19.8. The standard InChI is InChI=1S/C45H30N6.C26H20N2/c1-4-16-34(17-5-1)49-40-25-13-10-22-37(40)46-43(49)31-28-32(44-47-38-23-11-14-26-41(38)50(44)35-18-6-2-7-19-35)30-33(29-31)45-48-39-24-12-15-27-42(39)51(45)36-20-8-3-9-21-36;1-17-15-23(19-9-5-3-6-10-19)21-13-14-22-24(20-11-7-4-8-12-20)16-18(2)28-26(22)25(21)27-17/h1-30H;3-16H,1-2H3. The number of hydrogen-bond acceptors (Lipinski definition) is 5. The summed E-state index contributed by atoms with van der Waals surface area (Å²) < 4.78 is 6.75. The fourth-order valence-corrected chi connectivity index (χ4v) is 11.1. The van der Waals surface area contributed by atoms with E-state index in [1.54, 1.807) is 0 Å². The van der Waals surface area contributed by atoms with Crippen molar-refractivity contribution in [3.05, 3.63) is 278 Å². The molecule has 0 amide bonds. The molecule has 0 aliphatic heterocycles. The third-order valence-electron chi connectivity index (χ3n) is 14.6. The van der Waals surface area contributed by atoms with Crippen LogP contribution in [-0.2, 0) is 0 Å². The molecule has 8 heteroatoms. The number of pyridine rings is 2. The van der Waals surface area contributed by atoms with Crippen molar-refractivity contribution < 1.29 is 0 Å². The highest BCUT2D eigenvalue weighted by atomic mass is 15.1. The molecule has 0 N–H and O–H groups in total. The second-order valence-corrected chi connectivity index (χ2v) is 19.8. The predicted molar refractivity (Wildman–Crippen MR) is 324 cm³/mol. The first-order valence-electron chi connectivity index (χ1n) is 26.6. The molecule has 15 rings (SSSR count). The van der Waals surface area contributed by atoms with Crippen LogP contribution in [0.5, 0.6) is 0 Å². The van der Waals surface area contributed by atoms with Crippen LogP contribution in [0.15, 0.2) is 267 Å². The Kier molecular flexibility index (Phi) is 11.8. The minimum atomic E-state index is 0.843. The molecule has 0 saturated heterocycles. The van der Waals surface area contributed by atoms with Gasteiger partial charge in [-0.05, 0) is 139 Å². The number of fused-ring (bicyclic) bond motifs is 6. The molecule has 10 aromatic carbocycles. The van der Waals surface area contributed by atoms with Crippen LogP contribution in [0.1, 0.15) is 11.4 Å². The van der Waals surface area contributed by atoms with E-state index in [2.05, 4.69) is 246 Å². The highest BCUT2D eigenvalue weighted by Crippen LogP contribution is 2.40. The summed E-state index contributed by atoms with van der Waals surface area (Å²) in [6.07, 6.45) is 0. The Hall–Kier alpha value is -10.6. The van der Waals surface area contributed by atoms with Gasteiger partial charge in [-0.3, -0.25) is 23.7 Å². The number of hydrogen-bond donors (Lipinski definition) is 0. The number of para-hydroxylation sites is 9. The van der Waals surface area contributed by atoms with Crippen molar-refractivity contribution in [2.24, 2.45) is 0 Å². The van der Waals surface area contributed by atoms with Gasteiger partial charge in [-0.2, -0.15) is 0 Å². The molecule has 0 atom stereocenters. The Labute approximate surface area is 456 Å². The smallest absolute Gasteiger partial charge is 0.145 e. The molecule has 374 valence electrons. The van der Waals surface area contributed by atoms with E-state index in [0.29, 0.717) is 0 Å². The molecule has 15 aromatic rings. The molecule has 0 unspecified atom stereocenters. The van der Waals surface area contributed by atoms with Crippen molar-refractivity contribution in [3.8, 4) is 73.5 Å². The summed E-state index contributed by atoms with van der Waals surface area (Å²) in [4.78, 5) is 25.7. The normalized spacial score (nSPS) is 11.4. The number of rotatable bonds is 8. The first kappa shape index (κ1) is 46.9. The first-order chi connectivity index (χ1) is 39.0. The van der Waals surface area contributed by atoms with Gasteiger partial charge in [0, 0.05) is 55.9 Å². The lowest BCUT2D eigenvalue weighted by Gasteiger charge is -2.15. The maximum absolute atomic E-state index is 5.28. The number of nitrogens with zero attached hydrogens (tertiary/aromatic N) is 8. The van der Waals surface area contributed by atoms with Crippen molar-refractivity contribution in [1.82, 2.24) is 38.6 Å². The summed E-state index contributed by atoms with van der Waals surface area (Å²) in [6, 6.07) is 92.7. The van der Waals surface area contributed by atoms with Gasteiger partial charge in [-0.15, -0.1) is 0 Å². The third-order valence-corrected chi connectivity index (χ3v) is 14.6. The predicted octanol–water partition coefficient (Wildman–Crippen LogP) is 17.4. The first-order valence-corrected chi connectivity index (χ1v) is 26.6. The molecule has 5 aromatic heterocycles. The number of benzene rings is 10. The van der Waals surface area contributed by atoms with Crippen LogP contribution in [0, 0.1) is 13.8 Å². The lowest BCUT2D eigenvalue weighted by Crippen LogP contribution is -2.02. The maximum atomic E-state index is 5.28. The van der Waals surface area contributed by atoms with Gasteiger partial charge in [-0.25, -0.2) is 15.0 Å². The van der Waals surface area contributed by atoms with Crippen LogP contribution in [-0.4, -0.2) is 38.6 Å². The molecular formula is C71H50N8. The fourth-order valence-electron chi connectivity index (χ4n) is 11.1. The summed E-state index contributed by atoms with van der Waals surface area (Å²) >= 11 is 0. The molecule has 8 nitrogen and oxygen atoms in total. The van der Waals surface area contributed by atoms with E-state index < -0.39 is 0 Å². The Morgan fingerprint density at radius 3 is 0.848 bits per heavy atom. The third kappa shape index (κ3) is 8.58. The minimum absolute atomic E-state index is 0.843. The summed E-state index contributed by atoms with van der Waals surface area (Å²) in [5.41, 5.74) is 20.7. The largest absolute Gasteiger partial charge is 0.292 e. The zero-order chi connectivity index (χ0) is 52.8. The van der Waals surface area contributed by atoms with E-state index in [0.717, 1.165) is 118 Å². The van der Waals surface area contributed by atoms with Crippen molar-refractivity contribution in [1.29, 1.82) is 0 Å². The zero-order valence-corrected chi connectivity index (χ0v) is 43.5. The Morgan fingerprint density at radius 1 is 0.253 bits per heavy atom. The minimum Gasteiger partial charge on any atom is -0.292 e.